The van der Waals surface area contributed by atoms with Crippen LogP contribution in [-0.4, -0.2) is 23.5 Å². The molecule has 2 aliphatic rings. The molecule has 0 aliphatic carbocycles. The molecular weight excluding hydrogens is 450 g/mol. The Balaban J connectivity index is 1.53. The molecule has 0 N–H and O–H groups in total. The number of esters is 2. The molecule has 8 nitrogen and oxygen atoms in total. The normalized spacial score (nSPS) is 14.1. The van der Waals surface area contributed by atoms with Crippen molar-refractivity contribution in [1.29, 1.82) is 0 Å². The van der Waals surface area contributed by atoms with E-state index in [0.29, 0.717) is 48.3 Å². The molecular formula is C27H21NO7. The van der Waals surface area contributed by atoms with Crippen LogP contribution in [0, 0.1) is 10.1 Å². The number of fused-ring (bicyclic) bond motifs is 3. The summed E-state index contributed by atoms with van der Waals surface area (Å²) < 4.78 is 17.1. The van der Waals surface area contributed by atoms with Crippen LogP contribution in [0.15, 0.2) is 66.7 Å². The third kappa shape index (κ3) is 4.50. The average Bonchev–Trinajstić information content (AvgIpc) is 3.33. The minimum absolute atomic E-state index is 0.0999. The molecule has 5 rings (SSSR count). The number of ether oxygens (including phenoxy) is 3. The second kappa shape index (κ2) is 9.42. The van der Waals surface area contributed by atoms with Crippen molar-refractivity contribution in [1.82, 2.24) is 0 Å². The first-order valence-corrected chi connectivity index (χ1v) is 11.2. The van der Waals surface area contributed by atoms with Crippen molar-refractivity contribution in [3.05, 3.63) is 110 Å². The largest absolute Gasteiger partial charge is 0.493 e. The van der Waals surface area contributed by atoms with Gasteiger partial charge >= 0.3 is 11.9 Å². The Morgan fingerprint density at radius 3 is 2.60 bits per heavy atom. The number of rotatable bonds is 4. The van der Waals surface area contributed by atoms with Gasteiger partial charge in [0.05, 0.1) is 22.7 Å². The Hall–Kier alpha value is -4.46. The first kappa shape index (κ1) is 22.3. The summed E-state index contributed by atoms with van der Waals surface area (Å²) in [5.41, 5.74) is 3.11. The van der Waals surface area contributed by atoms with Crippen LogP contribution >= 0.6 is 0 Å². The van der Waals surface area contributed by atoms with Gasteiger partial charge < -0.3 is 14.2 Å². The van der Waals surface area contributed by atoms with E-state index in [9.17, 15) is 19.7 Å². The zero-order valence-electron chi connectivity index (χ0n) is 18.7. The highest BCUT2D eigenvalue weighted by atomic mass is 16.6. The average molecular weight is 471 g/mol. The van der Waals surface area contributed by atoms with Crippen LogP contribution in [0.2, 0.25) is 0 Å². The highest BCUT2D eigenvalue weighted by molar-refractivity contribution is 5.97. The first-order valence-electron chi connectivity index (χ1n) is 11.2. The van der Waals surface area contributed by atoms with Crippen LogP contribution in [-0.2, 0) is 30.6 Å². The van der Waals surface area contributed by atoms with Crippen molar-refractivity contribution in [2.75, 3.05) is 6.61 Å². The van der Waals surface area contributed by atoms with Gasteiger partial charge in [0.1, 0.15) is 18.1 Å². The first-order chi connectivity index (χ1) is 17.0. The van der Waals surface area contributed by atoms with Crippen molar-refractivity contribution in [3.8, 4) is 11.5 Å². The van der Waals surface area contributed by atoms with E-state index in [0.717, 1.165) is 11.1 Å². The highest BCUT2D eigenvalue weighted by Crippen LogP contribution is 2.39. The molecule has 176 valence electrons. The summed E-state index contributed by atoms with van der Waals surface area (Å²) >= 11 is 0. The predicted octanol–water partition coefficient (Wildman–Crippen LogP) is 4.76. The SMILES string of the molecule is O=C1Oc2cc3c(c(C(=O)OCc4ccccc4)c2CC=CCc2cc([N+](=O)[O-])ccc21)CCO3. The molecule has 2 aliphatic heterocycles. The van der Waals surface area contributed by atoms with Gasteiger partial charge in [-0.15, -0.1) is 0 Å². The van der Waals surface area contributed by atoms with Gasteiger partial charge in [-0.1, -0.05) is 42.5 Å². The Morgan fingerprint density at radius 2 is 1.80 bits per heavy atom. The van der Waals surface area contributed by atoms with E-state index in [4.69, 9.17) is 14.2 Å². The van der Waals surface area contributed by atoms with Crippen LogP contribution in [0.4, 0.5) is 5.69 Å². The summed E-state index contributed by atoms with van der Waals surface area (Å²) in [6, 6.07) is 15.0. The molecule has 35 heavy (non-hydrogen) atoms. The molecule has 0 saturated carbocycles. The number of allylic oxidation sites excluding steroid dienone is 2. The Kier molecular flexibility index (Phi) is 6.01. The van der Waals surface area contributed by atoms with E-state index in [1.165, 1.54) is 18.2 Å². The molecule has 0 aromatic heterocycles. The van der Waals surface area contributed by atoms with E-state index >= 15 is 0 Å². The maximum atomic E-state index is 13.3. The molecule has 8 heteroatoms. The van der Waals surface area contributed by atoms with Crippen LogP contribution in [0.3, 0.4) is 0 Å². The molecule has 3 aromatic carbocycles. The molecule has 0 saturated heterocycles. The lowest BCUT2D eigenvalue weighted by Gasteiger charge is -2.18. The molecule has 2 heterocycles. The zero-order valence-corrected chi connectivity index (χ0v) is 18.7. The highest BCUT2D eigenvalue weighted by Gasteiger charge is 2.30. The van der Waals surface area contributed by atoms with Crippen LogP contribution in [0.25, 0.3) is 0 Å². The fourth-order valence-corrected chi connectivity index (χ4v) is 4.33. The number of nitro benzene ring substituents is 1. The number of non-ortho nitro benzene ring substituents is 1. The van der Waals surface area contributed by atoms with E-state index in [2.05, 4.69) is 0 Å². The number of nitrogens with zero attached hydrogens (tertiary/aromatic N) is 1. The standard InChI is InChI=1S/C27H21NO7/c29-26-20-11-10-19(28(31)32)14-18(20)8-4-5-9-21-24(35-26)15-23-22(12-13-33-23)25(21)27(30)34-16-17-6-2-1-3-7-17/h1-7,10-11,14-15H,8-9,12-13,16H2. The number of carbonyl (C=O) groups is 2. The van der Waals surface area contributed by atoms with Crippen LogP contribution in [0.1, 0.15) is 43.0 Å². The molecule has 0 bridgehead atoms. The molecule has 0 radical (unpaired) electrons. The molecule has 0 amide bonds. The maximum Gasteiger partial charge on any atom is 0.343 e. The molecule has 0 unspecified atom stereocenters. The fraction of sp³-hybridized carbons (Fsp3) is 0.185. The zero-order chi connectivity index (χ0) is 24.4. The monoisotopic (exact) mass is 471 g/mol. The summed E-state index contributed by atoms with van der Waals surface area (Å²) in [6.45, 7) is 0.522. The molecule has 3 aromatic rings. The van der Waals surface area contributed by atoms with Crippen molar-refractivity contribution in [2.45, 2.75) is 25.9 Å². The Bertz CT molecular complexity index is 1360. The predicted molar refractivity (Wildman–Crippen MR) is 126 cm³/mol. The maximum absolute atomic E-state index is 13.3. The fourth-order valence-electron chi connectivity index (χ4n) is 4.33. The lowest BCUT2D eigenvalue weighted by atomic mass is 9.94. The number of nitro groups is 1. The van der Waals surface area contributed by atoms with E-state index in [1.54, 1.807) is 6.07 Å². The van der Waals surface area contributed by atoms with E-state index < -0.39 is 16.9 Å². The third-order valence-corrected chi connectivity index (χ3v) is 6.04. The van der Waals surface area contributed by atoms with Gasteiger partial charge in [-0.2, -0.15) is 0 Å². The summed E-state index contributed by atoms with van der Waals surface area (Å²) in [4.78, 5) is 37.0. The quantitative estimate of drug-likeness (QED) is 0.178. The Labute approximate surface area is 200 Å². The minimum Gasteiger partial charge on any atom is -0.493 e. The van der Waals surface area contributed by atoms with E-state index in [1.807, 2.05) is 42.5 Å². The number of carbonyl (C=O) groups excluding carboxylic acids is 2. The lowest BCUT2D eigenvalue weighted by molar-refractivity contribution is -0.384. The van der Waals surface area contributed by atoms with Gasteiger partial charge in [0.15, 0.2) is 0 Å². The summed E-state index contributed by atoms with van der Waals surface area (Å²) in [5.74, 6) is -0.482. The van der Waals surface area contributed by atoms with Gasteiger partial charge in [-0.25, -0.2) is 9.59 Å². The van der Waals surface area contributed by atoms with Crippen molar-refractivity contribution < 1.29 is 28.7 Å². The second-order valence-electron chi connectivity index (χ2n) is 8.23. The molecule has 0 spiro atoms. The summed E-state index contributed by atoms with van der Waals surface area (Å²) in [6.07, 6.45) is 4.85. The second-order valence-corrected chi connectivity index (χ2v) is 8.23. The van der Waals surface area contributed by atoms with Crippen molar-refractivity contribution >= 4 is 17.6 Å². The topological polar surface area (TPSA) is 105 Å². The van der Waals surface area contributed by atoms with Gasteiger partial charge in [-0.05, 0) is 30.0 Å². The van der Waals surface area contributed by atoms with Crippen molar-refractivity contribution in [2.24, 2.45) is 0 Å². The molecule has 0 fully saturated rings. The van der Waals surface area contributed by atoms with Crippen LogP contribution < -0.4 is 9.47 Å². The van der Waals surface area contributed by atoms with Gasteiger partial charge in [-0.3, -0.25) is 10.1 Å². The minimum atomic E-state index is -0.659. The van der Waals surface area contributed by atoms with Gasteiger partial charge in [0, 0.05) is 35.7 Å². The Morgan fingerprint density at radius 1 is 1.00 bits per heavy atom. The number of benzene rings is 3. The molecule has 0 atom stereocenters. The number of hydrogen-bond acceptors (Lipinski definition) is 7. The summed E-state index contributed by atoms with van der Waals surface area (Å²) in [5, 5.41) is 11.2. The van der Waals surface area contributed by atoms with Crippen molar-refractivity contribution in [3.63, 3.8) is 0 Å². The lowest BCUT2D eigenvalue weighted by Crippen LogP contribution is -2.17. The third-order valence-electron chi connectivity index (χ3n) is 6.04. The van der Waals surface area contributed by atoms with Gasteiger partial charge in [0.25, 0.3) is 5.69 Å². The van der Waals surface area contributed by atoms with E-state index in [-0.39, 0.29) is 23.6 Å². The van der Waals surface area contributed by atoms with Gasteiger partial charge in [0.2, 0.25) is 0 Å². The number of hydrogen-bond donors (Lipinski definition) is 0. The summed E-state index contributed by atoms with van der Waals surface area (Å²) in [7, 11) is 0. The van der Waals surface area contributed by atoms with Crippen LogP contribution in [0.5, 0.6) is 11.5 Å². The smallest absolute Gasteiger partial charge is 0.343 e.